The quantitative estimate of drug-likeness (QED) is 0.799. The van der Waals surface area contributed by atoms with Gasteiger partial charge in [-0.2, -0.15) is 0 Å². The monoisotopic (exact) mass is 225 g/mol. The first-order chi connectivity index (χ1) is 7.69. The number of aliphatic carboxylic acids is 1. The van der Waals surface area contributed by atoms with Gasteiger partial charge in [-0.25, -0.2) is 0 Å². The van der Waals surface area contributed by atoms with E-state index in [2.05, 4.69) is 11.8 Å². The number of carboxylic acids is 1. The van der Waals surface area contributed by atoms with Gasteiger partial charge in [0.15, 0.2) is 0 Å². The van der Waals surface area contributed by atoms with E-state index in [9.17, 15) is 9.90 Å². The van der Waals surface area contributed by atoms with Gasteiger partial charge in [-0.1, -0.05) is 32.6 Å². The minimum atomic E-state index is -0.581. The highest BCUT2D eigenvalue weighted by atomic mass is 16.4. The number of nitrogens with zero attached hydrogens (tertiary/aromatic N) is 1. The lowest BCUT2D eigenvalue weighted by atomic mass is 9.76. The Balaban J connectivity index is 1.96. The van der Waals surface area contributed by atoms with Crippen molar-refractivity contribution < 1.29 is 9.90 Å². The molecule has 0 aromatic rings. The predicted octanol–water partition coefficient (Wildman–Crippen LogP) is 2.51. The van der Waals surface area contributed by atoms with Gasteiger partial charge < -0.3 is 5.11 Å². The van der Waals surface area contributed by atoms with Crippen molar-refractivity contribution in [1.29, 1.82) is 0 Å². The number of likely N-dealkylation sites (tertiary alicyclic amines) is 1. The van der Waals surface area contributed by atoms with E-state index < -0.39 is 11.5 Å². The fourth-order valence-electron chi connectivity index (χ4n) is 3.31. The highest BCUT2D eigenvalue weighted by molar-refractivity contribution is 5.79. The Labute approximate surface area is 97.8 Å². The average Bonchev–Trinajstić information content (AvgIpc) is 2.23. The van der Waals surface area contributed by atoms with Crippen molar-refractivity contribution in [2.24, 2.45) is 5.92 Å². The maximum atomic E-state index is 11.5. The Bertz CT molecular complexity index is 253. The van der Waals surface area contributed by atoms with E-state index in [1.807, 2.05) is 0 Å². The lowest BCUT2D eigenvalue weighted by Crippen LogP contribution is -2.64. The summed E-state index contributed by atoms with van der Waals surface area (Å²) >= 11 is 0. The number of rotatable bonds is 4. The molecule has 1 N–H and O–H groups in total. The zero-order chi connectivity index (χ0) is 11.6. The molecule has 1 aliphatic carbocycles. The largest absolute Gasteiger partial charge is 0.480 e. The molecular formula is C13H23NO2. The van der Waals surface area contributed by atoms with Gasteiger partial charge in [-0.15, -0.1) is 0 Å². The molecule has 0 aromatic carbocycles. The molecule has 0 unspecified atom stereocenters. The Morgan fingerprint density at radius 2 is 1.94 bits per heavy atom. The summed E-state index contributed by atoms with van der Waals surface area (Å²) in [6.07, 6.45) is 7.58. The third-order valence-electron chi connectivity index (χ3n) is 4.34. The third-order valence-corrected chi connectivity index (χ3v) is 4.34. The number of carboxylic acid groups (broad SMARTS) is 1. The summed E-state index contributed by atoms with van der Waals surface area (Å²) in [5, 5.41) is 9.50. The van der Waals surface area contributed by atoms with E-state index in [1.165, 1.54) is 19.3 Å². The first-order valence-electron chi connectivity index (χ1n) is 6.67. The highest BCUT2D eigenvalue weighted by Crippen LogP contribution is 2.39. The van der Waals surface area contributed by atoms with Crippen molar-refractivity contribution >= 4 is 5.97 Å². The molecule has 16 heavy (non-hydrogen) atoms. The highest BCUT2D eigenvalue weighted by Gasteiger charge is 2.49. The van der Waals surface area contributed by atoms with Crippen molar-refractivity contribution in [1.82, 2.24) is 4.90 Å². The van der Waals surface area contributed by atoms with E-state index in [0.29, 0.717) is 0 Å². The van der Waals surface area contributed by atoms with Gasteiger partial charge in [-0.3, -0.25) is 9.69 Å². The molecule has 3 heteroatoms. The third kappa shape index (κ3) is 1.97. The molecule has 2 fully saturated rings. The van der Waals surface area contributed by atoms with Crippen LogP contribution >= 0.6 is 0 Å². The van der Waals surface area contributed by atoms with Gasteiger partial charge in [-0.05, 0) is 25.2 Å². The summed E-state index contributed by atoms with van der Waals surface area (Å²) in [5.74, 6) is 0.172. The van der Waals surface area contributed by atoms with Crippen molar-refractivity contribution in [3.63, 3.8) is 0 Å². The van der Waals surface area contributed by atoms with E-state index in [1.54, 1.807) is 0 Å². The van der Waals surface area contributed by atoms with E-state index in [-0.39, 0.29) is 0 Å². The Morgan fingerprint density at radius 1 is 1.31 bits per heavy atom. The van der Waals surface area contributed by atoms with Gasteiger partial charge in [0.2, 0.25) is 0 Å². The van der Waals surface area contributed by atoms with Gasteiger partial charge in [0.25, 0.3) is 0 Å². The fraction of sp³-hybridized carbons (Fsp3) is 0.923. The van der Waals surface area contributed by atoms with Crippen LogP contribution in [0.1, 0.15) is 51.9 Å². The van der Waals surface area contributed by atoms with Crippen LogP contribution in [0.2, 0.25) is 0 Å². The number of carbonyl (C=O) groups is 1. The lowest BCUT2D eigenvalue weighted by Gasteiger charge is -2.51. The predicted molar refractivity (Wildman–Crippen MR) is 63.4 cm³/mol. The summed E-state index contributed by atoms with van der Waals surface area (Å²) < 4.78 is 0. The van der Waals surface area contributed by atoms with Crippen LogP contribution in [0, 0.1) is 5.92 Å². The molecular weight excluding hydrogens is 202 g/mol. The van der Waals surface area contributed by atoms with Gasteiger partial charge in [0.05, 0.1) is 0 Å². The second kappa shape index (κ2) is 4.74. The molecule has 0 spiro atoms. The number of hydrogen-bond acceptors (Lipinski definition) is 2. The van der Waals surface area contributed by atoms with Crippen LogP contribution in [0.3, 0.4) is 0 Å². The summed E-state index contributed by atoms with van der Waals surface area (Å²) in [5.41, 5.74) is -0.498. The fourth-order valence-corrected chi connectivity index (χ4v) is 3.31. The maximum Gasteiger partial charge on any atom is 0.324 e. The van der Waals surface area contributed by atoms with Crippen LogP contribution in [0.5, 0.6) is 0 Å². The lowest BCUT2D eigenvalue weighted by molar-refractivity contribution is -0.161. The molecule has 1 heterocycles. The van der Waals surface area contributed by atoms with E-state index in [0.717, 1.165) is 44.7 Å². The van der Waals surface area contributed by atoms with Crippen LogP contribution < -0.4 is 0 Å². The van der Waals surface area contributed by atoms with Gasteiger partial charge in [0, 0.05) is 13.1 Å². The summed E-state index contributed by atoms with van der Waals surface area (Å²) in [6, 6.07) is 0. The zero-order valence-electron chi connectivity index (χ0n) is 10.2. The first kappa shape index (κ1) is 11.9. The molecule has 1 aliphatic heterocycles. The summed E-state index contributed by atoms with van der Waals surface area (Å²) in [7, 11) is 0. The SMILES string of the molecule is CCCC1CN(C2(C(=O)O)CCCCC2)C1. The smallest absolute Gasteiger partial charge is 0.324 e. The normalized spacial score (nSPS) is 26.3. The van der Waals surface area contributed by atoms with Crippen molar-refractivity contribution in [3.8, 4) is 0 Å². The summed E-state index contributed by atoms with van der Waals surface area (Å²) in [4.78, 5) is 13.8. The average molecular weight is 225 g/mol. The molecule has 2 aliphatic rings. The van der Waals surface area contributed by atoms with Crippen LogP contribution in [0.15, 0.2) is 0 Å². The molecule has 3 nitrogen and oxygen atoms in total. The topological polar surface area (TPSA) is 40.5 Å². The molecule has 92 valence electrons. The minimum absolute atomic E-state index is 0.498. The first-order valence-corrected chi connectivity index (χ1v) is 6.67. The second-order valence-electron chi connectivity index (χ2n) is 5.46. The molecule has 0 atom stereocenters. The van der Waals surface area contributed by atoms with Crippen LogP contribution in [-0.4, -0.2) is 34.6 Å². The van der Waals surface area contributed by atoms with E-state index >= 15 is 0 Å². The molecule has 0 aromatic heterocycles. The minimum Gasteiger partial charge on any atom is -0.480 e. The van der Waals surface area contributed by atoms with Crippen LogP contribution in [-0.2, 0) is 4.79 Å². The molecule has 0 bridgehead atoms. The summed E-state index contributed by atoms with van der Waals surface area (Å²) in [6.45, 7) is 4.23. The standard InChI is InChI=1S/C13H23NO2/c1-2-6-11-9-14(10-11)13(12(15)16)7-4-3-5-8-13/h11H,2-10H2,1H3,(H,15,16). The number of hydrogen-bond donors (Lipinski definition) is 1. The van der Waals surface area contributed by atoms with Crippen molar-refractivity contribution in [2.75, 3.05) is 13.1 Å². The Hall–Kier alpha value is -0.570. The second-order valence-corrected chi connectivity index (χ2v) is 5.46. The van der Waals surface area contributed by atoms with Crippen molar-refractivity contribution in [2.45, 2.75) is 57.4 Å². The molecule has 1 saturated heterocycles. The molecule has 2 rings (SSSR count). The van der Waals surface area contributed by atoms with Crippen LogP contribution in [0.25, 0.3) is 0 Å². The molecule has 0 radical (unpaired) electrons. The molecule has 0 amide bonds. The maximum absolute atomic E-state index is 11.5. The Kier molecular flexibility index (Phi) is 3.53. The van der Waals surface area contributed by atoms with E-state index in [4.69, 9.17) is 0 Å². The van der Waals surface area contributed by atoms with Crippen molar-refractivity contribution in [3.05, 3.63) is 0 Å². The van der Waals surface area contributed by atoms with Gasteiger partial charge in [0.1, 0.15) is 5.54 Å². The van der Waals surface area contributed by atoms with Gasteiger partial charge >= 0.3 is 5.97 Å². The van der Waals surface area contributed by atoms with Crippen LogP contribution in [0.4, 0.5) is 0 Å². The Morgan fingerprint density at radius 3 is 2.44 bits per heavy atom. The molecule has 1 saturated carbocycles. The zero-order valence-corrected chi connectivity index (χ0v) is 10.2.